The highest BCUT2D eigenvalue weighted by Crippen LogP contribution is 2.39. The molecule has 19 heavy (non-hydrogen) atoms. The highest BCUT2D eigenvalue weighted by molar-refractivity contribution is 4.98. The van der Waals surface area contributed by atoms with E-state index in [1.165, 1.54) is 58.0 Å². The number of nitrogens with zero attached hydrogens (tertiary/aromatic N) is 1. The minimum Gasteiger partial charge on any atom is -0.381 e. The Bertz CT molecular complexity index is 292. The van der Waals surface area contributed by atoms with Crippen molar-refractivity contribution in [2.45, 2.75) is 76.1 Å². The van der Waals surface area contributed by atoms with E-state index in [1.54, 1.807) is 0 Å². The fourth-order valence-corrected chi connectivity index (χ4v) is 4.11. The molecule has 3 fully saturated rings. The molecule has 0 aromatic carbocycles. The third kappa shape index (κ3) is 3.14. The van der Waals surface area contributed by atoms with Gasteiger partial charge in [0.05, 0.1) is 6.10 Å². The Morgan fingerprint density at radius 3 is 2.74 bits per heavy atom. The molecule has 1 aliphatic heterocycles. The monoisotopic (exact) mass is 266 g/mol. The summed E-state index contributed by atoms with van der Waals surface area (Å²) in [5, 5.41) is 3.76. The lowest BCUT2D eigenvalue weighted by Gasteiger charge is -2.47. The zero-order valence-corrected chi connectivity index (χ0v) is 12.6. The Kier molecular flexibility index (Phi) is 4.45. The van der Waals surface area contributed by atoms with Gasteiger partial charge in [0.15, 0.2) is 0 Å². The molecule has 4 unspecified atom stereocenters. The summed E-state index contributed by atoms with van der Waals surface area (Å²) in [5.74, 6) is 0.980. The summed E-state index contributed by atoms with van der Waals surface area (Å²) in [5.41, 5.74) is 0. The lowest BCUT2D eigenvalue weighted by Crippen LogP contribution is -2.61. The van der Waals surface area contributed by atoms with Crippen molar-refractivity contribution in [3.63, 3.8) is 0 Å². The zero-order chi connectivity index (χ0) is 13.2. The molecule has 110 valence electrons. The van der Waals surface area contributed by atoms with E-state index in [9.17, 15) is 0 Å². The van der Waals surface area contributed by atoms with Crippen LogP contribution in [0.4, 0.5) is 0 Å². The molecule has 1 N–H and O–H groups in total. The van der Waals surface area contributed by atoms with Gasteiger partial charge in [-0.15, -0.1) is 0 Å². The maximum atomic E-state index is 5.63. The van der Waals surface area contributed by atoms with Crippen LogP contribution in [0.2, 0.25) is 0 Å². The Labute approximate surface area is 118 Å². The van der Waals surface area contributed by atoms with Crippen molar-refractivity contribution in [1.82, 2.24) is 10.2 Å². The maximum absolute atomic E-state index is 5.63. The predicted molar refractivity (Wildman–Crippen MR) is 78.4 cm³/mol. The molecule has 0 aromatic rings. The molecule has 2 aliphatic carbocycles. The Morgan fingerprint density at radius 1 is 1.21 bits per heavy atom. The first kappa shape index (κ1) is 13.8. The number of piperazine rings is 1. The zero-order valence-electron chi connectivity index (χ0n) is 12.6. The second-order valence-electron chi connectivity index (χ2n) is 6.79. The van der Waals surface area contributed by atoms with E-state index < -0.39 is 0 Å². The second kappa shape index (κ2) is 6.11. The van der Waals surface area contributed by atoms with Crippen LogP contribution in [-0.2, 0) is 4.74 Å². The second-order valence-corrected chi connectivity index (χ2v) is 6.79. The number of ether oxygens (including phenoxy) is 1. The minimum absolute atomic E-state index is 0.508. The maximum Gasteiger partial charge on any atom is 0.0586 e. The minimum atomic E-state index is 0.508. The molecule has 3 aliphatic rings. The van der Waals surface area contributed by atoms with Gasteiger partial charge in [-0.3, -0.25) is 4.90 Å². The Morgan fingerprint density at radius 2 is 2.05 bits per heavy atom. The molecule has 4 atom stereocenters. The van der Waals surface area contributed by atoms with Gasteiger partial charge in [-0.05, 0) is 50.9 Å². The summed E-state index contributed by atoms with van der Waals surface area (Å²) < 4.78 is 5.63. The average molecular weight is 266 g/mol. The molecule has 2 saturated carbocycles. The highest BCUT2D eigenvalue weighted by Gasteiger charge is 2.42. The Balaban J connectivity index is 1.66. The van der Waals surface area contributed by atoms with Crippen molar-refractivity contribution in [2.75, 3.05) is 20.2 Å². The van der Waals surface area contributed by atoms with Gasteiger partial charge < -0.3 is 10.1 Å². The fraction of sp³-hybridized carbons (Fsp3) is 1.00. The molecule has 0 radical (unpaired) electrons. The van der Waals surface area contributed by atoms with Gasteiger partial charge in [-0.2, -0.15) is 0 Å². The lowest BCUT2D eigenvalue weighted by atomic mass is 9.88. The molecule has 0 spiro atoms. The molecule has 0 amide bonds. The molecular weight excluding hydrogens is 236 g/mol. The summed E-state index contributed by atoms with van der Waals surface area (Å²) in [6, 6.07) is 2.29. The van der Waals surface area contributed by atoms with Gasteiger partial charge in [0.1, 0.15) is 0 Å². The van der Waals surface area contributed by atoms with E-state index in [4.69, 9.17) is 4.74 Å². The van der Waals surface area contributed by atoms with E-state index in [2.05, 4.69) is 17.1 Å². The van der Waals surface area contributed by atoms with Crippen LogP contribution in [0.25, 0.3) is 0 Å². The van der Waals surface area contributed by atoms with Crippen LogP contribution in [0.3, 0.4) is 0 Å². The van der Waals surface area contributed by atoms with E-state index in [-0.39, 0.29) is 0 Å². The topological polar surface area (TPSA) is 24.5 Å². The highest BCUT2D eigenvalue weighted by atomic mass is 16.5. The summed E-state index contributed by atoms with van der Waals surface area (Å²) in [7, 11) is 1.89. The van der Waals surface area contributed by atoms with Crippen molar-refractivity contribution < 1.29 is 4.74 Å². The third-order valence-corrected chi connectivity index (χ3v) is 5.53. The summed E-state index contributed by atoms with van der Waals surface area (Å²) in [6.45, 7) is 4.79. The van der Waals surface area contributed by atoms with Gasteiger partial charge in [0.25, 0.3) is 0 Å². The standard InChI is InChI=1S/C16H30N2O/c1-3-13-11-18(16(10-17-13)12-7-8-12)14-5-4-6-15(9-14)19-2/h12-17H,3-11H2,1-2H3. The van der Waals surface area contributed by atoms with Crippen molar-refractivity contribution in [3.05, 3.63) is 0 Å². The van der Waals surface area contributed by atoms with Crippen molar-refractivity contribution in [2.24, 2.45) is 5.92 Å². The largest absolute Gasteiger partial charge is 0.381 e. The van der Waals surface area contributed by atoms with Crippen LogP contribution in [-0.4, -0.2) is 49.3 Å². The smallest absolute Gasteiger partial charge is 0.0586 e. The SMILES string of the molecule is CCC1CN(C2CCCC(OC)C2)C(C2CC2)CN1. The van der Waals surface area contributed by atoms with Crippen LogP contribution >= 0.6 is 0 Å². The van der Waals surface area contributed by atoms with Crippen LogP contribution < -0.4 is 5.32 Å². The molecule has 3 rings (SSSR count). The third-order valence-electron chi connectivity index (χ3n) is 5.53. The van der Waals surface area contributed by atoms with E-state index >= 15 is 0 Å². The fourth-order valence-electron chi connectivity index (χ4n) is 4.11. The van der Waals surface area contributed by atoms with Crippen LogP contribution in [0.5, 0.6) is 0 Å². The molecule has 0 aromatic heterocycles. The quantitative estimate of drug-likeness (QED) is 0.845. The summed E-state index contributed by atoms with van der Waals surface area (Å²) in [6.07, 6.45) is 9.95. The normalized spacial score (nSPS) is 41.4. The summed E-state index contributed by atoms with van der Waals surface area (Å²) in [4.78, 5) is 2.87. The van der Waals surface area contributed by atoms with Crippen molar-refractivity contribution in [3.8, 4) is 0 Å². The first-order valence-corrected chi connectivity index (χ1v) is 8.33. The predicted octanol–water partition coefficient (Wildman–Crippen LogP) is 2.41. The van der Waals surface area contributed by atoms with Crippen LogP contribution in [0, 0.1) is 5.92 Å². The molecule has 0 bridgehead atoms. The van der Waals surface area contributed by atoms with E-state index in [1.807, 2.05) is 7.11 Å². The number of hydrogen-bond donors (Lipinski definition) is 1. The van der Waals surface area contributed by atoms with Crippen molar-refractivity contribution >= 4 is 0 Å². The first-order valence-electron chi connectivity index (χ1n) is 8.33. The van der Waals surface area contributed by atoms with Crippen LogP contribution in [0.15, 0.2) is 0 Å². The van der Waals surface area contributed by atoms with Gasteiger partial charge >= 0.3 is 0 Å². The van der Waals surface area contributed by atoms with E-state index in [0.717, 1.165) is 18.0 Å². The summed E-state index contributed by atoms with van der Waals surface area (Å²) >= 11 is 0. The molecular formula is C16H30N2O. The lowest BCUT2D eigenvalue weighted by molar-refractivity contribution is -0.00490. The van der Waals surface area contributed by atoms with Gasteiger partial charge in [-0.1, -0.05) is 6.92 Å². The number of methoxy groups -OCH3 is 1. The van der Waals surface area contributed by atoms with Gasteiger partial charge in [-0.25, -0.2) is 0 Å². The van der Waals surface area contributed by atoms with Gasteiger partial charge in [0.2, 0.25) is 0 Å². The number of nitrogens with one attached hydrogen (secondary N) is 1. The molecule has 3 heteroatoms. The first-order chi connectivity index (χ1) is 9.31. The van der Waals surface area contributed by atoms with Crippen LogP contribution in [0.1, 0.15) is 51.9 Å². The molecule has 3 nitrogen and oxygen atoms in total. The van der Waals surface area contributed by atoms with Gasteiger partial charge in [0, 0.05) is 38.3 Å². The van der Waals surface area contributed by atoms with Crippen molar-refractivity contribution in [1.29, 1.82) is 0 Å². The molecule has 1 saturated heterocycles. The number of hydrogen-bond acceptors (Lipinski definition) is 3. The number of rotatable bonds is 4. The Hall–Kier alpha value is -0.120. The molecule has 1 heterocycles. The van der Waals surface area contributed by atoms with E-state index in [0.29, 0.717) is 12.1 Å². The average Bonchev–Trinajstić information content (AvgIpc) is 3.31.